The van der Waals surface area contributed by atoms with Crippen molar-refractivity contribution in [1.29, 1.82) is 0 Å². The number of halogens is 2. The van der Waals surface area contributed by atoms with Crippen LogP contribution < -0.4 is 10.1 Å². The van der Waals surface area contributed by atoms with Crippen molar-refractivity contribution >= 4 is 22.4 Å². The van der Waals surface area contributed by atoms with Gasteiger partial charge in [0.2, 0.25) is 5.13 Å². The van der Waals surface area contributed by atoms with Gasteiger partial charge in [-0.3, -0.25) is 10.1 Å². The fourth-order valence-electron chi connectivity index (χ4n) is 2.29. The number of amides is 1. The van der Waals surface area contributed by atoms with Crippen LogP contribution in [0.25, 0.3) is 0 Å². The van der Waals surface area contributed by atoms with Gasteiger partial charge < -0.3 is 4.74 Å². The Balaban J connectivity index is 1.76. The van der Waals surface area contributed by atoms with Crippen molar-refractivity contribution in [3.63, 3.8) is 0 Å². The number of hydrogen-bond acceptors (Lipinski definition) is 5. The summed E-state index contributed by atoms with van der Waals surface area (Å²) in [5.41, 5.74) is 1.08. The minimum absolute atomic E-state index is 0.0531. The minimum atomic E-state index is -2.69. The van der Waals surface area contributed by atoms with E-state index in [1.807, 2.05) is 13.8 Å². The molecule has 0 bridgehead atoms. The second kappa shape index (κ2) is 5.28. The van der Waals surface area contributed by atoms with E-state index in [-0.39, 0.29) is 10.7 Å². The summed E-state index contributed by atoms with van der Waals surface area (Å²) in [5.74, 6) is 0.349. The van der Waals surface area contributed by atoms with Gasteiger partial charge >= 0.3 is 0 Å². The van der Waals surface area contributed by atoms with Crippen LogP contribution in [-0.4, -0.2) is 21.7 Å². The molecule has 8 heteroatoms. The van der Waals surface area contributed by atoms with Gasteiger partial charge in [0.25, 0.3) is 12.3 Å². The first kappa shape index (κ1) is 14.8. The Bertz CT molecular complexity index is 731. The Morgan fingerprint density at radius 1 is 1.41 bits per heavy atom. The van der Waals surface area contributed by atoms with Crippen molar-refractivity contribution in [2.45, 2.75) is 32.3 Å². The smallest absolute Gasteiger partial charge is 0.291 e. The van der Waals surface area contributed by atoms with Crippen LogP contribution in [0.15, 0.2) is 18.2 Å². The van der Waals surface area contributed by atoms with Crippen molar-refractivity contribution in [1.82, 2.24) is 10.2 Å². The maximum absolute atomic E-state index is 12.4. The molecule has 1 aromatic carbocycles. The first-order valence-corrected chi connectivity index (χ1v) is 7.40. The van der Waals surface area contributed by atoms with E-state index in [0.29, 0.717) is 23.3 Å². The van der Waals surface area contributed by atoms with Crippen LogP contribution in [0.2, 0.25) is 0 Å². The molecule has 0 aliphatic carbocycles. The van der Waals surface area contributed by atoms with E-state index in [0.717, 1.165) is 11.3 Å². The third-order valence-electron chi connectivity index (χ3n) is 3.17. The zero-order valence-corrected chi connectivity index (χ0v) is 12.7. The molecule has 1 aliphatic rings. The van der Waals surface area contributed by atoms with Crippen molar-refractivity contribution in [3.8, 4) is 5.75 Å². The van der Waals surface area contributed by atoms with Crippen LogP contribution in [0, 0.1) is 0 Å². The molecule has 22 heavy (non-hydrogen) atoms. The van der Waals surface area contributed by atoms with Crippen molar-refractivity contribution in [2.75, 3.05) is 5.32 Å². The number of aromatic nitrogens is 2. The Kier molecular flexibility index (Phi) is 3.56. The number of carbonyl (C=O) groups is 1. The first-order valence-electron chi connectivity index (χ1n) is 6.59. The molecule has 1 N–H and O–H groups in total. The Morgan fingerprint density at radius 3 is 2.86 bits per heavy atom. The molecule has 0 spiro atoms. The molecule has 0 saturated carbocycles. The van der Waals surface area contributed by atoms with Gasteiger partial charge in [0.05, 0.1) is 0 Å². The lowest BCUT2D eigenvalue weighted by atomic mass is 10.00. The van der Waals surface area contributed by atoms with Crippen molar-refractivity contribution in [3.05, 3.63) is 34.3 Å². The first-order chi connectivity index (χ1) is 10.3. The number of alkyl halides is 2. The summed E-state index contributed by atoms with van der Waals surface area (Å²) in [7, 11) is 0. The normalized spacial score (nSPS) is 15.5. The molecule has 0 unspecified atom stereocenters. The van der Waals surface area contributed by atoms with Crippen LogP contribution in [0.3, 0.4) is 0 Å². The molecule has 1 aromatic heterocycles. The van der Waals surface area contributed by atoms with E-state index in [4.69, 9.17) is 4.74 Å². The van der Waals surface area contributed by atoms with Crippen LogP contribution in [0.5, 0.6) is 5.75 Å². The molecule has 2 heterocycles. The fraction of sp³-hybridized carbons (Fsp3) is 0.357. The number of hydrogen-bond donors (Lipinski definition) is 1. The van der Waals surface area contributed by atoms with Gasteiger partial charge in [-0.2, -0.15) is 0 Å². The second-order valence-electron chi connectivity index (χ2n) is 5.56. The summed E-state index contributed by atoms with van der Waals surface area (Å²) < 4.78 is 30.6. The zero-order valence-electron chi connectivity index (χ0n) is 11.9. The largest absolute Gasteiger partial charge is 0.487 e. The molecule has 116 valence electrons. The van der Waals surface area contributed by atoms with Crippen LogP contribution in [-0.2, 0) is 6.42 Å². The molecular weight excluding hydrogens is 312 g/mol. The van der Waals surface area contributed by atoms with Gasteiger partial charge in [0.1, 0.15) is 11.4 Å². The monoisotopic (exact) mass is 325 g/mol. The Morgan fingerprint density at radius 2 is 2.18 bits per heavy atom. The standard InChI is InChI=1S/C14H13F2N3O2S/c1-14(2)6-8-5-7(3-4-9(8)21-14)11(20)17-13-19-18-12(22-13)10(15)16/h3-5,10H,6H2,1-2H3,(H,17,19,20). The average molecular weight is 325 g/mol. The summed E-state index contributed by atoms with van der Waals surface area (Å²) in [6, 6.07) is 5.11. The maximum atomic E-state index is 12.4. The predicted octanol–water partition coefficient (Wildman–Crippen LogP) is 3.44. The number of rotatable bonds is 3. The number of nitrogens with one attached hydrogen (secondary N) is 1. The highest BCUT2D eigenvalue weighted by molar-refractivity contribution is 7.15. The van der Waals surface area contributed by atoms with Gasteiger partial charge in [-0.25, -0.2) is 8.78 Å². The second-order valence-corrected chi connectivity index (χ2v) is 6.57. The molecule has 0 saturated heterocycles. The van der Waals surface area contributed by atoms with Gasteiger partial charge in [-0.15, -0.1) is 10.2 Å². The van der Waals surface area contributed by atoms with E-state index < -0.39 is 17.3 Å². The molecule has 0 fully saturated rings. The van der Waals surface area contributed by atoms with E-state index in [9.17, 15) is 13.6 Å². The van der Waals surface area contributed by atoms with Crippen LogP contribution in [0.4, 0.5) is 13.9 Å². The van der Waals surface area contributed by atoms with E-state index >= 15 is 0 Å². The van der Waals surface area contributed by atoms with Crippen LogP contribution in [0.1, 0.15) is 41.2 Å². The van der Waals surface area contributed by atoms with Crippen LogP contribution >= 0.6 is 11.3 Å². The molecule has 3 rings (SSSR count). The minimum Gasteiger partial charge on any atom is -0.487 e. The fourth-order valence-corrected chi connectivity index (χ4v) is 2.89. The zero-order chi connectivity index (χ0) is 15.9. The Labute approximate surface area is 129 Å². The summed E-state index contributed by atoms with van der Waals surface area (Å²) in [4.78, 5) is 12.2. The summed E-state index contributed by atoms with van der Waals surface area (Å²) in [6.45, 7) is 3.94. The van der Waals surface area contributed by atoms with Gasteiger partial charge in [-0.1, -0.05) is 11.3 Å². The molecule has 1 amide bonds. The number of ether oxygens (including phenoxy) is 1. The molecule has 1 aliphatic heterocycles. The van der Waals surface area contributed by atoms with E-state index in [1.54, 1.807) is 18.2 Å². The van der Waals surface area contributed by atoms with Crippen molar-refractivity contribution < 1.29 is 18.3 Å². The third kappa shape index (κ3) is 2.92. The predicted molar refractivity (Wildman–Crippen MR) is 77.7 cm³/mol. The van der Waals surface area contributed by atoms with Gasteiger partial charge in [0, 0.05) is 12.0 Å². The van der Waals surface area contributed by atoms with E-state index in [2.05, 4.69) is 15.5 Å². The topological polar surface area (TPSA) is 64.1 Å². The molecule has 5 nitrogen and oxygen atoms in total. The third-order valence-corrected chi connectivity index (χ3v) is 4.02. The number of nitrogens with zero attached hydrogens (tertiary/aromatic N) is 2. The summed E-state index contributed by atoms with van der Waals surface area (Å²) in [5, 5.41) is 8.97. The quantitative estimate of drug-likeness (QED) is 0.939. The van der Waals surface area contributed by atoms with Crippen molar-refractivity contribution in [2.24, 2.45) is 0 Å². The number of anilines is 1. The highest BCUT2D eigenvalue weighted by Crippen LogP contribution is 2.35. The maximum Gasteiger partial charge on any atom is 0.291 e. The molecule has 2 aromatic rings. The number of carbonyl (C=O) groups excluding carboxylic acids is 1. The van der Waals surface area contributed by atoms with Gasteiger partial charge in [-0.05, 0) is 37.6 Å². The summed E-state index contributed by atoms with van der Waals surface area (Å²) >= 11 is 0.660. The SMILES string of the molecule is CC1(C)Cc2cc(C(=O)Nc3nnc(C(F)F)s3)ccc2O1. The molecular formula is C14H13F2N3O2S. The molecule has 0 radical (unpaired) electrons. The lowest BCUT2D eigenvalue weighted by Crippen LogP contribution is -2.24. The lowest BCUT2D eigenvalue weighted by molar-refractivity contribution is 0.102. The van der Waals surface area contributed by atoms with Gasteiger partial charge in [0.15, 0.2) is 5.01 Å². The Hall–Kier alpha value is -2.09. The van der Waals surface area contributed by atoms with E-state index in [1.165, 1.54) is 0 Å². The number of benzene rings is 1. The average Bonchev–Trinajstić information content (AvgIpc) is 2.99. The number of fused-ring (bicyclic) bond motifs is 1. The summed E-state index contributed by atoms with van der Waals surface area (Å²) in [6.07, 6.45) is -1.99. The molecule has 0 atom stereocenters. The lowest BCUT2D eigenvalue weighted by Gasteiger charge is -2.16. The highest BCUT2D eigenvalue weighted by atomic mass is 32.1. The highest BCUT2D eigenvalue weighted by Gasteiger charge is 2.30.